The third-order valence-corrected chi connectivity index (χ3v) is 14.6. The van der Waals surface area contributed by atoms with Crippen LogP contribution in [0.25, 0.3) is 22.1 Å². The minimum atomic E-state index is -0.673. The number of aryl methyl sites for hydroxylation is 4. The number of morpholine rings is 1. The Hall–Kier alpha value is -7.99. The Bertz CT molecular complexity index is 3290. The maximum atomic E-state index is 14.4. The van der Waals surface area contributed by atoms with Gasteiger partial charge in [0, 0.05) is 61.3 Å². The maximum absolute atomic E-state index is 14.4. The van der Waals surface area contributed by atoms with E-state index in [2.05, 4.69) is 51.7 Å². The number of rotatable bonds is 11. The lowest BCUT2D eigenvalue weighted by molar-refractivity contribution is -0.0534. The number of primary amides is 1. The van der Waals surface area contributed by atoms with Crippen molar-refractivity contribution in [2.24, 2.45) is 5.73 Å². The van der Waals surface area contributed by atoms with Crippen LogP contribution in [0.4, 0.5) is 11.9 Å². The van der Waals surface area contributed by atoms with Gasteiger partial charge < -0.3 is 34.4 Å². The van der Waals surface area contributed by atoms with E-state index >= 15 is 0 Å². The standard InChI is InChI=1S/C50H59N17O7/c1-5-65-38(17-27(3)59-65)47(70)55-49-53-36-19-30(44(51)68)21-40-42(36)63(49)15-7-8-16-64-43-37(54-50(64)56-48(71)39-18-28(4)60-66(39)6-2)20-31(46(69)52-32-11-9-29(10-12-32)45-57-61-62-58-45)22-41(43)74-26-35(25-73-40)67-33-13-14-34(67)24-72-23-33/h7-8,17-22,29,32-35H,5-6,9-16,23-26H2,1-4H3,(H2,51,68)(H,52,69)(H,53,55,70)(H,54,56,71)(H,57,58,61,62)/b8-7+. The van der Waals surface area contributed by atoms with Gasteiger partial charge in [0.25, 0.3) is 17.7 Å². The monoisotopic (exact) mass is 1010 g/mol. The highest BCUT2D eigenvalue weighted by Gasteiger charge is 2.42. The second-order valence-corrected chi connectivity index (χ2v) is 19.4. The zero-order chi connectivity index (χ0) is 51.2. The zero-order valence-electron chi connectivity index (χ0n) is 41.7. The lowest BCUT2D eigenvalue weighted by Crippen LogP contribution is -2.55. The molecule has 2 aromatic carbocycles. The molecule has 11 rings (SSSR count). The number of carbonyl (C=O) groups excluding carboxylic acids is 4. The third-order valence-electron chi connectivity index (χ3n) is 14.6. The van der Waals surface area contributed by atoms with Crippen LogP contribution < -0.4 is 31.2 Å². The van der Waals surface area contributed by atoms with Gasteiger partial charge in [-0.15, -0.1) is 10.2 Å². The Labute approximate surface area is 424 Å². The highest BCUT2D eigenvalue weighted by Crippen LogP contribution is 2.37. The summed E-state index contributed by atoms with van der Waals surface area (Å²) in [6.45, 7) is 10.1. The predicted molar refractivity (Wildman–Crippen MR) is 269 cm³/mol. The van der Waals surface area contributed by atoms with Crippen LogP contribution in [-0.2, 0) is 30.9 Å². The van der Waals surface area contributed by atoms with Gasteiger partial charge in [0.15, 0.2) is 5.82 Å². The van der Waals surface area contributed by atoms with Crippen molar-refractivity contribution < 1.29 is 33.4 Å². The van der Waals surface area contributed by atoms with Gasteiger partial charge in [-0.25, -0.2) is 9.97 Å². The number of tetrazole rings is 1. The van der Waals surface area contributed by atoms with Gasteiger partial charge in [-0.3, -0.25) is 44.1 Å². The summed E-state index contributed by atoms with van der Waals surface area (Å²) in [5.74, 6) is 0.180. The normalized spacial score (nSPS) is 21.6. The molecule has 3 atom stereocenters. The Morgan fingerprint density at radius 1 is 0.676 bits per heavy atom. The van der Waals surface area contributed by atoms with Gasteiger partial charge in [0.2, 0.25) is 17.8 Å². The van der Waals surface area contributed by atoms with E-state index in [-0.39, 0.29) is 79.8 Å². The molecule has 24 heteroatoms. The number of nitrogens with one attached hydrogen (secondary N) is 4. The fraction of sp³-hybridized carbons (Fsp3) is 0.460. The molecule has 0 radical (unpaired) electrons. The van der Waals surface area contributed by atoms with Gasteiger partial charge in [0.1, 0.15) is 47.1 Å². The topological polar surface area (TPSA) is 287 Å². The van der Waals surface area contributed by atoms with Crippen LogP contribution in [-0.4, -0.2) is 138 Å². The van der Waals surface area contributed by atoms with E-state index in [0.29, 0.717) is 94.0 Å². The molecule has 0 spiro atoms. The summed E-state index contributed by atoms with van der Waals surface area (Å²) < 4.78 is 26.8. The molecule has 3 aliphatic heterocycles. The van der Waals surface area contributed by atoms with Crippen molar-refractivity contribution >= 4 is 57.6 Å². The largest absolute Gasteiger partial charge is 0.490 e. The summed E-state index contributed by atoms with van der Waals surface area (Å²) in [5.41, 5.74) is 10.4. The Morgan fingerprint density at radius 2 is 1.22 bits per heavy atom. The molecule has 2 bridgehead atoms. The van der Waals surface area contributed by atoms with Gasteiger partial charge >= 0.3 is 0 Å². The molecule has 386 valence electrons. The number of hydrogen-bond acceptors (Lipinski definition) is 15. The highest BCUT2D eigenvalue weighted by atomic mass is 16.5. The molecular weight excluding hydrogens is 951 g/mol. The number of hydrogen-bond donors (Lipinski definition) is 5. The zero-order valence-corrected chi connectivity index (χ0v) is 41.7. The molecule has 6 N–H and O–H groups in total. The molecule has 1 aliphatic carbocycles. The third kappa shape index (κ3) is 9.33. The summed E-state index contributed by atoms with van der Waals surface area (Å²) in [6.07, 6.45) is 8.71. The first kappa shape index (κ1) is 48.3. The maximum Gasteiger partial charge on any atom is 0.276 e. The molecular formula is C50H59N17O7. The molecule has 3 unspecified atom stereocenters. The van der Waals surface area contributed by atoms with Crippen LogP contribution in [0.5, 0.6) is 11.5 Å². The van der Waals surface area contributed by atoms with Crippen LogP contribution in [0.15, 0.2) is 48.6 Å². The van der Waals surface area contributed by atoms with Crippen molar-refractivity contribution in [2.45, 2.75) is 122 Å². The Balaban J connectivity index is 1.01. The Morgan fingerprint density at radius 3 is 1.73 bits per heavy atom. The second-order valence-electron chi connectivity index (χ2n) is 19.4. The average Bonchev–Trinajstić information content (AvgIpc) is 4.27. The van der Waals surface area contributed by atoms with E-state index in [4.69, 9.17) is 29.9 Å². The summed E-state index contributed by atoms with van der Waals surface area (Å²) in [4.78, 5) is 67.8. The summed E-state index contributed by atoms with van der Waals surface area (Å²) >= 11 is 0. The first-order valence-electron chi connectivity index (χ1n) is 25.3. The molecule has 4 aliphatic rings. The van der Waals surface area contributed by atoms with E-state index in [9.17, 15) is 19.2 Å². The molecule has 5 aromatic heterocycles. The minimum Gasteiger partial charge on any atom is -0.490 e. The highest BCUT2D eigenvalue weighted by molar-refractivity contribution is 6.05. The molecule has 8 heterocycles. The quantitative estimate of drug-likeness (QED) is 0.113. The predicted octanol–water partition coefficient (Wildman–Crippen LogP) is 4.27. The Kier molecular flexibility index (Phi) is 13.1. The number of ether oxygens (including phenoxy) is 3. The van der Waals surface area contributed by atoms with Crippen LogP contribution in [0.2, 0.25) is 0 Å². The SMILES string of the molecule is CCn1nc(C)cc1C(=O)Nc1nc2cc(C(N)=O)cc3c2n1C/C=C/Cn1c(NC(=O)c2cc(C)nn2CC)nc2cc(C(=O)NC4CCC(c5nn[nH]n5)CC4)cc(c21)OCC(N1C2CCC1COC2)CO3. The number of nitrogens with zero attached hydrogens (tertiary/aromatic N) is 12. The fourth-order valence-corrected chi connectivity index (χ4v) is 11.1. The minimum absolute atomic E-state index is 0.0848. The lowest BCUT2D eigenvalue weighted by atomic mass is 9.85. The number of carbonyl (C=O) groups is 4. The molecule has 4 amide bonds. The van der Waals surface area contributed by atoms with E-state index < -0.39 is 17.7 Å². The number of imidazole rings is 2. The molecule has 74 heavy (non-hydrogen) atoms. The van der Waals surface area contributed by atoms with Crippen LogP contribution >= 0.6 is 0 Å². The number of allylic oxidation sites excluding steroid dienone is 2. The van der Waals surface area contributed by atoms with Crippen molar-refractivity contribution in [2.75, 3.05) is 37.1 Å². The smallest absolute Gasteiger partial charge is 0.276 e. The number of benzene rings is 2. The lowest BCUT2D eigenvalue weighted by Gasteiger charge is -2.40. The number of aromatic nitrogens is 12. The van der Waals surface area contributed by atoms with Gasteiger partial charge in [-0.1, -0.05) is 17.4 Å². The van der Waals surface area contributed by atoms with Gasteiger partial charge in [0.05, 0.1) is 41.7 Å². The molecule has 2 saturated heterocycles. The van der Waals surface area contributed by atoms with Crippen molar-refractivity contribution in [1.82, 2.24) is 69.5 Å². The first-order chi connectivity index (χ1) is 35.9. The number of nitrogens with two attached hydrogens (primary N) is 1. The molecule has 1 saturated carbocycles. The van der Waals surface area contributed by atoms with E-state index in [1.807, 2.05) is 49.0 Å². The van der Waals surface area contributed by atoms with Gasteiger partial charge in [-0.05, 0) is 103 Å². The van der Waals surface area contributed by atoms with Crippen molar-refractivity contribution in [3.63, 3.8) is 0 Å². The second kappa shape index (κ2) is 20.1. The fourth-order valence-electron chi connectivity index (χ4n) is 11.1. The average molecular weight is 1010 g/mol. The van der Waals surface area contributed by atoms with E-state index in [0.717, 1.165) is 38.5 Å². The number of anilines is 2. The summed E-state index contributed by atoms with van der Waals surface area (Å²) in [6, 6.07) is 9.82. The molecule has 24 nitrogen and oxygen atoms in total. The number of aromatic amines is 1. The van der Waals surface area contributed by atoms with E-state index in [1.54, 1.807) is 45.8 Å². The van der Waals surface area contributed by atoms with Crippen molar-refractivity contribution in [3.05, 3.63) is 88.3 Å². The van der Waals surface area contributed by atoms with E-state index in [1.165, 1.54) is 0 Å². The van der Waals surface area contributed by atoms with Crippen molar-refractivity contribution in [1.29, 1.82) is 0 Å². The number of fused-ring (bicyclic) bond motifs is 2. The van der Waals surface area contributed by atoms with Crippen LogP contribution in [0.1, 0.15) is 117 Å². The van der Waals surface area contributed by atoms with Gasteiger partial charge in [-0.2, -0.15) is 15.4 Å². The summed E-state index contributed by atoms with van der Waals surface area (Å²) in [7, 11) is 0. The molecule has 3 fully saturated rings. The van der Waals surface area contributed by atoms with Crippen molar-refractivity contribution in [3.8, 4) is 11.5 Å². The number of amides is 4. The first-order valence-corrected chi connectivity index (χ1v) is 25.3. The van der Waals surface area contributed by atoms with Crippen LogP contribution in [0, 0.1) is 13.8 Å². The van der Waals surface area contributed by atoms with Crippen LogP contribution in [0.3, 0.4) is 0 Å². The molecule has 7 aromatic rings. The number of H-pyrrole nitrogens is 1. The summed E-state index contributed by atoms with van der Waals surface area (Å²) in [5, 5.41) is 33.0.